The van der Waals surface area contributed by atoms with Crippen molar-refractivity contribution in [3.05, 3.63) is 114 Å². The molecule has 0 spiro atoms. The van der Waals surface area contributed by atoms with Gasteiger partial charge in [0, 0.05) is 5.56 Å². The molecule has 0 saturated carbocycles. The number of ketones is 1. The Labute approximate surface area is 246 Å². The Morgan fingerprint density at radius 1 is 0.881 bits per heavy atom. The first-order valence-corrected chi connectivity index (χ1v) is 14.1. The van der Waals surface area contributed by atoms with Crippen LogP contribution in [0.25, 0.3) is 16.0 Å². The molecule has 2 heterocycles. The number of carbonyl (C=O) groups is 2. The van der Waals surface area contributed by atoms with E-state index in [1.165, 1.54) is 16.2 Å². The number of para-hydroxylation sites is 1. The average molecular weight is 579 g/mol. The number of aliphatic hydroxyl groups excluding tert-OH is 1. The molecule has 0 radical (unpaired) electrons. The van der Waals surface area contributed by atoms with Crippen molar-refractivity contribution in [2.75, 3.05) is 18.6 Å². The largest absolute Gasteiger partial charge is 0.507 e. The van der Waals surface area contributed by atoms with Crippen LogP contribution < -0.4 is 19.1 Å². The van der Waals surface area contributed by atoms with Crippen LogP contribution in [0.15, 0.2) is 103 Å². The summed E-state index contributed by atoms with van der Waals surface area (Å²) in [5.41, 5.74) is 1.57. The number of benzene rings is 4. The van der Waals surface area contributed by atoms with Crippen molar-refractivity contribution in [2.45, 2.75) is 13.0 Å². The summed E-state index contributed by atoms with van der Waals surface area (Å²) in [5.74, 6) is 0.545. The van der Waals surface area contributed by atoms with E-state index in [4.69, 9.17) is 14.2 Å². The lowest BCUT2D eigenvalue weighted by Crippen LogP contribution is -2.29. The van der Waals surface area contributed by atoms with E-state index in [0.29, 0.717) is 51.4 Å². The number of methoxy groups -OCH3 is 1. The summed E-state index contributed by atoms with van der Waals surface area (Å²) in [6.45, 7) is 2.37. The minimum atomic E-state index is -0.960. The van der Waals surface area contributed by atoms with Crippen molar-refractivity contribution < 1.29 is 28.9 Å². The molecular formula is C33H26N2O6S. The second-order valence-electron chi connectivity index (χ2n) is 9.44. The number of ether oxygens (including phenoxy) is 3. The van der Waals surface area contributed by atoms with Crippen LogP contribution in [0.4, 0.5) is 5.13 Å². The lowest BCUT2D eigenvalue weighted by atomic mass is 9.95. The summed E-state index contributed by atoms with van der Waals surface area (Å²) < 4.78 is 17.7. The quantitative estimate of drug-likeness (QED) is 0.119. The van der Waals surface area contributed by atoms with Gasteiger partial charge >= 0.3 is 5.91 Å². The van der Waals surface area contributed by atoms with Crippen LogP contribution in [-0.2, 0) is 9.59 Å². The van der Waals surface area contributed by atoms with Crippen LogP contribution in [-0.4, -0.2) is 35.5 Å². The molecule has 42 heavy (non-hydrogen) atoms. The van der Waals surface area contributed by atoms with Gasteiger partial charge in [-0.1, -0.05) is 41.7 Å². The summed E-state index contributed by atoms with van der Waals surface area (Å²) in [6.07, 6.45) is 0. The zero-order valence-electron chi connectivity index (χ0n) is 22.8. The molecule has 0 aliphatic carbocycles. The zero-order valence-corrected chi connectivity index (χ0v) is 23.6. The van der Waals surface area contributed by atoms with Gasteiger partial charge in [-0.2, -0.15) is 0 Å². The molecule has 1 aromatic heterocycles. The number of Topliss-reactive ketones (excluding diaryl/α,β-unsaturated/α-hetero) is 1. The Morgan fingerprint density at radius 2 is 1.62 bits per heavy atom. The molecule has 1 N–H and O–H groups in total. The van der Waals surface area contributed by atoms with Crippen LogP contribution in [0, 0.1) is 0 Å². The first-order chi connectivity index (χ1) is 20.5. The van der Waals surface area contributed by atoms with Crippen LogP contribution in [0.2, 0.25) is 0 Å². The van der Waals surface area contributed by atoms with Gasteiger partial charge < -0.3 is 19.3 Å². The molecule has 1 aliphatic rings. The fourth-order valence-electron chi connectivity index (χ4n) is 4.87. The fourth-order valence-corrected chi connectivity index (χ4v) is 5.89. The number of carbonyl (C=O) groups excluding carboxylic acids is 2. The maximum absolute atomic E-state index is 13.7. The number of fused-ring (bicyclic) bond motifs is 1. The number of anilines is 1. The van der Waals surface area contributed by atoms with E-state index in [1.54, 1.807) is 67.8 Å². The second kappa shape index (κ2) is 11.4. The normalized spacial score (nSPS) is 16.1. The number of amides is 1. The molecule has 5 aromatic rings. The number of nitrogens with zero attached hydrogens (tertiary/aromatic N) is 2. The summed E-state index contributed by atoms with van der Waals surface area (Å²) in [7, 11) is 1.58. The van der Waals surface area contributed by atoms with E-state index in [0.717, 1.165) is 4.70 Å². The standard InChI is InChI=1S/C33H26N2O6S/c1-3-40-22-14-12-20(13-15-22)30(36)28-29(21-8-7-11-25(18-21)41-23-9-5-4-6-10-23)35(32(38)31(28)37)33-34-26-17-16-24(39-2)19-27(26)42-33/h4-19,29,36H,3H2,1-2H3. The van der Waals surface area contributed by atoms with E-state index < -0.39 is 17.7 Å². The van der Waals surface area contributed by atoms with E-state index >= 15 is 0 Å². The topological polar surface area (TPSA) is 98.2 Å². The van der Waals surface area contributed by atoms with Crippen LogP contribution >= 0.6 is 11.3 Å². The van der Waals surface area contributed by atoms with Crippen molar-refractivity contribution in [3.63, 3.8) is 0 Å². The lowest BCUT2D eigenvalue weighted by molar-refractivity contribution is -0.132. The Kier molecular flexibility index (Phi) is 7.33. The molecule has 1 aliphatic heterocycles. The SMILES string of the molecule is CCOc1ccc(C(O)=C2C(=O)C(=O)N(c3nc4ccc(OC)cc4s3)C2c2cccc(Oc3ccccc3)c2)cc1. The van der Waals surface area contributed by atoms with Gasteiger partial charge in [0.25, 0.3) is 5.78 Å². The molecule has 8 nitrogen and oxygen atoms in total. The summed E-state index contributed by atoms with van der Waals surface area (Å²) >= 11 is 1.26. The van der Waals surface area contributed by atoms with Gasteiger partial charge in [-0.05, 0) is 79.2 Å². The number of aliphatic hydroxyl groups is 1. The Bertz CT molecular complexity index is 1810. The van der Waals surface area contributed by atoms with Gasteiger partial charge in [-0.3, -0.25) is 14.5 Å². The summed E-state index contributed by atoms with van der Waals surface area (Å²) in [4.78, 5) is 33.3. The molecule has 9 heteroatoms. The van der Waals surface area contributed by atoms with Crippen LogP contribution in [0.3, 0.4) is 0 Å². The molecule has 1 atom stereocenters. The molecule has 6 rings (SSSR count). The summed E-state index contributed by atoms with van der Waals surface area (Å²) in [6, 6.07) is 27.6. The number of hydrogen-bond donors (Lipinski definition) is 1. The minimum absolute atomic E-state index is 0.0437. The van der Waals surface area contributed by atoms with E-state index in [2.05, 4.69) is 4.98 Å². The fraction of sp³-hybridized carbons (Fsp3) is 0.121. The first-order valence-electron chi connectivity index (χ1n) is 13.3. The van der Waals surface area contributed by atoms with E-state index in [-0.39, 0.29) is 11.3 Å². The molecule has 1 amide bonds. The molecule has 0 bridgehead atoms. The van der Waals surface area contributed by atoms with Gasteiger partial charge in [0.2, 0.25) is 0 Å². The lowest BCUT2D eigenvalue weighted by Gasteiger charge is -2.23. The van der Waals surface area contributed by atoms with E-state index in [9.17, 15) is 14.7 Å². The second-order valence-corrected chi connectivity index (χ2v) is 10.5. The minimum Gasteiger partial charge on any atom is -0.507 e. The maximum atomic E-state index is 13.7. The van der Waals surface area contributed by atoms with Crippen molar-refractivity contribution in [2.24, 2.45) is 0 Å². The average Bonchev–Trinajstić information content (AvgIpc) is 3.55. The highest BCUT2D eigenvalue weighted by molar-refractivity contribution is 7.22. The van der Waals surface area contributed by atoms with Gasteiger partial charge in [0.1, 0.15) is 28.8 Å². The van der Waals surface area contributed by atoms with Crippen molar-refractivity contribution in [3.8, 4) is 23.0 Å². The molecule has 1 fully saturated rings. The third kappa shape index (κ3) is 5.06. The van der Waals surface area contributed by atoms with Crippen molar-refractivity contribution in [1.29, 1.82) is 0 Å². The highest BCUT2D eigenvalue weighted by atomic mass is 32.1. The van der Waals surface area contributed by atoms with Gasteiger partial charge in [-0.15, -0.1) is 0 Å². The highest BCUT2D eigenvalue weighted by Crippen LogP contribution is 2.45. The monoisotopic (exact) mass is 578 g/mol. The van der Waals surface area contributed by atoms with E-state index in [1.807, 2.05) is 43.3 Å². The Hall–Kier alpha value is -5.15. The Morgan fingerprint density at radius 3 is 2.36 bits per heavy atom. The number of hydrogen-bond acceptors (Lipinski definition) is 8. The third-order valence-corrected chi connectivity index (χ3v) is 7.84. The Balaban J connectivity index is 1.49. The number of thiazole rings is 1. The highest BCUT2D eigenvalue weighted by Gasteiger charge is 2.48. The number of aromatic nitrogens is 1. The van der Waals surface area contributed by atoms with Crippen LogP contribution in [0.5, 0.6) is 23.0 Å². The molecule has 1 saturated heterocycles. The predicted octanol–water partition coefficient (Wildman–Crippen LogP) is 7.12. The van der Waals surface area contributed by atoms with Gasteiger partial charge in [0.15, 0.2) is 5.13 Å². The zero-order chi connectivity index (χ0) is 29.2. The molecule has 1 unspecified atom stereocenters. The van der Waals surface area contributed by atoms with Crippen LogP contribution in [0.1, 0.15) is 24.1 Å². The third-order valence-electron chi connectivity index (χ3n) is 6.83. The molecular weight excluding hydrogens is 552 g/mol. The summed E-state index contributed by atoms with van der Waals surface area (Å²) in [5, 5.41) is 11.8. The van der Waals surface area contributed by atoms with Gasteiger partial charge in [-0.25, -0.2) is 4.98 Å². The maximum Gasteiger partial charge on any atom is 0.301 e. The van der Waals surface area contributed by atoms with Crippen molar-refractivity contribution in [1.82, 2.24) is 4.98 Å². The van der Waals surface area contributed by atoms with Crippen molar-refractivity contribution >= 4 is 44.1 Å². The predicted molar refractivity (Wildman–Crippen MR) is 162 cm³/mol. The first kappa shape index (κ1) is 27.0. The van der Waals surface area contributed by atoms with Gasteiger partial charge in [0.05, 0.1) is 35.5 Å². The molecule has 210 valence electrons. The number of rotatable bonds is 8. The smallest absolute Gasteiger partial charge is 0.301 e. The molecule has 4 aromatic carbocycles.